The van der Waals surface area contributed by atoms with Crippen molar-refractivity contribution in [3.05, 3.63) is 12.7 Å². The van der Waals surface area contributed by atoms with Gasteiger partial charge in [-0.05, 0) is 0 Å². The van der Waals surface area contributed by atoms with Crippen LogP contribution in [0.15, 0.2) is 27.6 Å². The van der Waals surface area contributed by atoms with Crippen LogP contribution in [0.5, 0.6) is 0 Å². The quantitative estimate of drug-likeness (QED) is 0.315. The number of rotatable bonds is 2. The number of imidazole rings is 1. The number of nitrogens with two attached hydrogens (primary N) is 1. The molecular formula is C20H20F2N10O9PS2-. The third kappa shape index (κ3) is 5.11. The van der Waals surface area contributed by atoms with Crippen molar-refractivity contribution in [1.29, 1.82) is 0 Å². The number of amides is 1. The van der Waals surface area contributed by atoms with Gasteiger partial charge in [0.05, 0.1) is 19.3 Å². The maximum Gasteiger partial charge on any atom is 0.336 e. The summed E-state index contributed by atoms with van der Waals surface area (Å²) >= 11 is 5.00. The molecule has 7 rings (SSSR count). The summed E-state index contributed by atoms with van der Waals surface area (Å²) in [5, 5.41) is 0. The summed E-state index contributed by atoms with van der Waals surface area (Å²) < 4.78 is 88.1. The minimum Gasteiger partial charge on any atom is -0.780 e. The van der Waals surface area contributed by atoms with Gasteiger partial charge in [0.25, 0.3) is 5.91 Å². The fraction of sp³-hybridized carbons (Fsp3) is 0.550. The summed E-state index contributed by atoms with van der Waals surface area (Å²) in [6, 6.07) is -1.13. The highest BCUT2D eigenvalue weighted by atomic mass is 32.5. The van der Waals surface area contributed by atoms with E-state index in [0.29, 0.717) is 0 Å². The third-order valence-electron chi connectivity index (χ3n) is 7.27. The Morgan fingerprint density at radius 3 is 2.73 bits per heavy atom. The lowest BCUT2D eigenvalue weighted by atomic mass is 10.1. The molecule has 24 heteroatoms. The van der Waals surface area contributed by atoms with Gasteiger partial charge in [-0.2, -0.15) is 18.1 Å². The van der Waals surface area contributed by atoms with Crippen LogP contribution in [0.2, 0.25) is 0 Å². The third-order valence-corrected chi connectivity index (χ3v) is 9.81. The number of hydrogen-bond donors (Lipinski definition) is 2. The minimum atomic E-state index is -4.77. The number of nitrogens with zero attached hydrogens (tertiary/aromatic N) is 8. The highest BCUT2D eigenvalue weighted by Crippen LogP contribution is 2.47. The molecule has 0 spiro atoms. The highest BCUT2D eigenvalue weighted by molar-refractivity contribution is 8.06. The minimum absolute atomic E-state index is 0.0116. The van der Waals surface area contributed by atoms with Crippen molar-refractivity contribution in [3.63, 3.8) is 0 Å². The molecule has 7 heterocycles. The maximum atomic E-state index is 15.9. The second-order valence-corrected chi connectivity index (χ2v) is 14.0. The van der Waals surface area contributed by atoms with Crippen LogP contribution in [0.3, 0.4) is 0 Å². The smallest absolute Gasteiger partial charge is 0.336 e. The number of halogens is 2. The van der Waals surface area contributed by atoms with Gasteiger partial charge in [0.2, 0.25) is 0 Å². The van der Waals surface area contributed by atoms with E-state index in [1.165, 1.54) is 10.9 Å². The summed E-state index contributed by atoms with van der Waals surface area (Å²) in [7, 11) is -4.77. The Hall–Kier alpha value is -2.99. The Morgan fingerprint density at radius 2 is 1.91 bits per heavy atom. The lowest BCUT2D eigenvalue weighted by molar-refractivity contribution is -0.216. The Labute approximate surface area is 250 Å². The molecule has 5 aliphatic rings. The fourth-order valence-electron chi connectivity index (χ4n) is 5.27. The van der Waals surface area contributed by atoms with E-state index < -0.39 is 91.3 Å². The van der Waals surface area contributed by atoms with E-state index in [1.807, 2.05) is 0 Å². The van der Waals surface area contributed by atoms with Gasteiger partial charge in [-0.1, -0.05) is 11.8 Å². The number of aliphatic imine (C=N–C) groups is 3. The molecule has 44 heavy (non-hydrogen) atoms. The van der Waals surface area contributed by atoms with E-state index in [2.05, 4.69) is 34.7 Å². The number of carbonyl (C=O) groups is 1. The zero-order valence-electron chi connectivity index (χ0n) is 21.8. The number of ether oxygens (including phenoxy) is 2. The summed E-state index contributed by atoms with van der Waals surface area (Å²) in [6.07, 6.45) is -9.57. The molecule has 19 nitrogen and oxygen atoms in total. The number of anilines is 1. The van der Waals surface area contributed by atoms with E-state index in [1.54, 1.807) is 0 Å². The molecule has 3 N–H and O–H groups in total. The van der Waals surface area contributed by atoms with Gasteiger partial charge < -0.3 is 29.1 Å². The van der Waals surface area contributed by atoms with E-state index >= 15 is 8.78 Å². The number of fused-ring (bicyclic) bond motifs is 4. The SMILES string of the molecule is Nc1ncnc2c1ncn2[C@@H]1O[C@@H]2CNS(=O)(=O)O[C@H]3[C@@H](F)[C@H](N4C=NC5C(=O)N=CN=C54)O[C@@H]3COP([O-])(=S)O[C@H]2[C@H]1F. The zero-order chi connectivity index (χ0) is 31.0. The van der Waals surface area contributed by atoms with Gasteiger partial charge >= 0.3 is 10.3 Å². The van der Waals surface area contributed by atoms with Crippen molar-refractivity contribution < 1.29 is 49.6 Å². The standard InChI is InChI=1S/C20H21F2N10O9PS2/c21-9-13-7(38-19(9)31-5-28-11-15(23)24-3-25-16(11)31)1-30-44(35,36)41-14-8(2-37-42(34,43)40-13)39-20(10(14)22)32-6-29-12-17(32)26-4-27-18(12)33/h3-10,12-14,19-20,30H,1-2H2,(H,34,43)(H2,23,24,25)/p-1/t7-,8-,9-,10-,12?,13-,14-,19-,20-,42?/m1/s1. The maximum absolute atomic E-state index is 15.9. The van der Waals surface area contributed by atoms with Crippen molar-refractivity contribution in [2.45, 2.75) is 55.3 Å². The molecule has 5 aliphatic heterocycles. The van der Waals surface area contributed by atoms with Crippen molar-refractivity contribution in [1.82, 2.24) is 29.1 Å². The normalized spacial score (nSPS) is 40.2. The molecule has 0 aliphatic carbocycles. The van der Waals surface area contributed by atoms with Crippen LogP contribution < -0.4 is 15.3 Å². The van der Waals surface area contributed by atoms with Crippen LogP contribution in [0.25, 0.3) is 11.2 Å². The number of aromatic nitrogens is 4. The molecule has 3 saturated heterocycles. The van der Waals surface area contributed by atoms with Crippen LogP contribution in [0.4, 0.5) is 14.6 Å². The number of nitrogen functional groups attached to an aromatic ring is 1. The first-order valence-corrected chi connectivity index (χ1v) is 16.7. The fourth-order valence-corrected chi connectivity index (χ4v) is 7.65. The molecule has 10 atom stereocenters. The molecule has 236 valence electrons. The molecule has 0 radical (unpaired) electrons. The average Bonchev–Trinajstić information content (AvgIpc) is 3.73. The Kier molecular flexibility index (Phi) is 7.31. The Balaban J connectivity index is 1.14. The van der Waals surface area contributed by atoms with E-state index in [-0.39, 0.29) is 22.8 Å². The van der Waals surface area contributed by atoms with Crippen molar-refractivity contribution in [2.75, 3.05) is 18.9 Å². The molecule has 2 aromatic rings. The molecule has 2 aromatic heterocycles. The first-order chi connectivity index (χ1) is 20.9. The van der Waals surface area contributed by atoms with Crippen LogP contribution in [-0.4, -0.2) is 119 Å². The van der Waals surface area contributed by atoms with Crippen molar-refractivity contribution in [3.8, 4) is 0 Å². The van der Waals surface area contributed by atoms with Crippen LogP contribution in [-0.2, 0) is 49.6 Å². The first-order valence-electron chi connectivity index (χ1n) is 12.7. The second kappa shape index (κ2) is 10.8. The second-order valence-electron chi connectivity index (χ2n) is 9.92. The molecule has 0 saturated carbocycles. The monoisotopic (exact) mass is 677 g/mol. The van der Waals surface area contributed by atoms with Gasteiger partial charge in [-0.3, -0.25) is 19.3 Å². The molecule has 0 aromatic carbocycles. The lowest BCUT2D eigenvalue weighted by Crippen LogP contribution is -2.48. The molecule has 0 bridgehead atoms. The van der Waals surface area contributed by atoms with E-state index in [4.69, 9.17) is 40.2 Å². The van der Waals surface area contributed by atoms with Crippen LogP contribution in [0.1, 0.15) is 6.23 Å². The molecule has 3 fully saturated rings. The van der Waals surface area contributed by atoms with Gasteiger partial charge in [0.15, 0.2) is 42.3 Å². The molecule has 2 unspecified atom stereocenters. The number of hydrogen-bond acceptors (Lipinski definition) is 17. The van der Waals surface area contributed by atoms with E-state index in [9.17, 15) is 18.1 Å². The predicted molar refractivity (Wildman–Crippen MR) is 144 cm³/mol. The van der Waals surface area contributed by atoms with E-state index in [0.717, 1.165) is 23.9 Å². The first kappa shape index (κ1) is 29.7. The zero-order valence-corrected chi connectivity index (χ0v) is 24.3. The van der Waals surface area contributed by atoms with Crippen molar-refractivity contribution >= 4 is 70.2 Å². The number of alkyl halides is 2. The highest BCUT2D eigenvalue weighted by Gasteiger charge is 2.54. The summed E-state index contributed by atoms with van der Waals surface area (Å²) in [4.78, 5) is 49.7. The molecule has 1 amide bonds. The molecular weight excluding hydrogens is 657 g/mol. The number of carbonyl (C=O) groups excluding carboxylic acids is 1. The summed E-state index contributed by atoms with van der Waals surface area (Å²) in [5.41, 5.74) is 6.05. The Bertz CT molecular complexity index is 1760. The number of amidine groups is 1. The van der Waals surface area contributed by atoms with Crippen LogP contribution >= 0.6 is 6.72 Å². The topological polar surface area (TPSA) is 242 Å². The largest absolute Gasteiger partial charge is 0.780 e. The summed E-state index contributed by atoms with van der Waals surface area (Å²) in [6.45, 7) is -6.02. The van der Waals surface area contributed by atoms with Gasteiger partial charge in [0.1, 0.15) is 55.2 Å². The van der Waals surface area contributed by atoms with Gasteiger partial charge in [-0.15, -0.1) is 0 Å². The number of nitrogens with one attached hydrogen (secondary N) is 1. The predicted octanol–water partition coefficient (Wildman–Crippen LogP) is -2.39. The van der Waals surface area contributed by atoms with Crippen LogP contribution in [0, 0.1) is 0 Å². The van der Waals surface area contributed by atoms with Gasteiger partial charge in [0, 0.05) is 6.54 Å². The summed E-state index contributed by atoms with van der Waals surface area (Å²) in [5.74, 6) is -0.642. The van der Waals surface area contributed by atoms with Crippen molar-refractivity contribution in [2.24, 2.45) is 15.0 Å². The Morgan fingerprint density at radius 1 is 1.14 bits per heavy atom. The average molecular weight is 678 g/mol. The van der Waals surface area contributed by atoms with Gasteiger partial charge in [-0.25, -0.2) is 32.9 Å². The lowest BCUT2D eigenvalue weighted by Gasteiger charge is -2.34.